The first-order valence-corrected chi connectivity index (χ1v) is 8.72. The number of tetrazole rings is 1. The van der Waals surface area contributed by atoms with Crippen LogP contribution in [-0.2, 0) is 11.3 Å². The Hall–Kier alpha value is -3.00. The molecule has 0 amide bonds. The summed E-state index contributed by atoms with van der Waals surface area (Å²) in [4.78, 5) is 25.3. The fourth-order valence-corrected chi connectivity index (χ4v) is 3.38. The number of aromatic nitrogens is 5. The first-order chi connectivity index (χ1) is 12.9. The van der Waals surface area contributed by atoms with Gasteiger partial charge in [-0.25, -0.2) is 4.79 Å². The van der Waals surface area contributed by atoms with Gasteiger partial charge in [-0.2, -0.15) is 9.36 Å². The molecule has 3 rings (SSSR count). The first kappa shape index (κ1) is 18.8. The molecular formula is C19H23N5O3. The average molecular weight is 369 g/mol. The van der Waals surface area contributed by atoms with Gasteiger partial charge in [0.1, 0.15) is 6.54 Å². The number of rotatable bonds is 7. The molecule has 0 bridgehead atoms. The number of nitrogens with zero attached hydrogens (tertiary/aromatic N) is 5. The van der Waals surface area contributed by atoms with E-state index >= 15 is 0 Å². The van der Waals surface area contributed by atoms with Gasteiger partial charge in [-0.3, -0.25) is 4.79 Å². The fourth-order valence-electron chi connectivity index (χ4n) is 3.38. The number of methoxy groups -OCH3 is 1. The Morgan fingerprint density at radius 3 is 2.56 bits per heavy atom. The van der Waals surface area contributed by atoms with E-state index in [1.807, 2.05) is 45.0 Å². The van der Waals surface area contributed by atoms with Crippen molar-refractivity contribution in [2.75, 3.05) is 13.7 Å². The topological polar surface area (TPSA) is 83.9 Å². The van der Waals surface area contributed by atoms with Gasteiger partial charge in [-0.15, -0.1) is 0 Å². The number of Topliss-reactive ketones (excluding diaryl/α,β-unsaturated/α-hetero) is 1. The molecule has 2 heterocycles. The van der Waals surface area contributed by atoms with E-state index in [4.69, 9.17) is 4.74 Å². The standard InChI is InChI=1S/C19H23N5O3/c1-13-10-17(15(3)23(13)14(2)12-27-4)18(25)11-22-19(26)24(21-20-22)16-8-6-5-7-9-16/h5-10,14H,11-12H2,1-4H3. The van der Waals surface area contributed by atoms with E-state index in [2.05, 4.69) is 15.0 Å². The van der Waals surface area contributed by atoms with Gasteiger partial charge in [0.05, 0.1) is 18.3 Å². The van der Waals surface area contributed by atoms with Crippen molar-refractivity contribution >= 4 is 5.78 Å². The molecule has 8 nitrogen and oxygen atoms in total. The fraction of sp³-hybridized carbons (Fsp3) is 0.368. The lowest BCUT2D eigenvalue weighted by Crippen LogP contribution is -2.27. The molecular weight excluding hydrogens is 346 g/mol. The molecule has 0 aliphatic heterocycles. The zero-order valence-electron chi connectivity index (χ0n) is 15.9. The largest absolute Gasteiger partial charge is 0.383 e. The van der Waals surface area contributed by atoms with Crippen LogP contribution in [0.4, 0.5) is 0 Å². The molecule has 0 aliphatic carbocycles. The first-order valence-electron chi connectivity index (χ1n) is 8.72. The normalized spacial score (nSPS) is 12.3. The predicted molar refractivity (Wildman–Crippen MR) is 100 cm³/mol. The molecule has 1 atom stereocenters. The molecule has 27 heavy (non-hydrogen) atoms. The van der Waals surface area contributed by atoms with Gasteiger partial charge in [0, 0.05) is 24.1 Å². The summed E-state index contributed by atoms with van der Waals surface area (Å²) in [6.45, 7) is 6.28. The molecule has 142 valence electrons. The van der Waals surface area contributed by atoms with E-state index in [0.29, 0.717) is 17.9 Å². The highest BCUT2D eigenvalue weighted by Crippen LogP contribution is 2.21. The molecule has 8 heteroatoms. The highest BCUT2D eigenvalue weighted by Gasteiger charge is 2.20. The Morgan fingerprint density at radius 1 is 1.19 bits per heavy atom. The van der Waals surface area contributed by atoms with Crippen molar-refractivity contribution in [3.05, 3.63) is 63.8 Å². The minimum Gasteiger partial charge on any atom is -0.383 e. The van der Waals surface area contributed by atoms with Gasteiger partial charge in [0.15, 0.2) is 5.78 Å². The third-order valence-electron chi connectivity index (χ3n) is 4.57. The van der Waals surface area contributed by atoms with Gasteiger partial charge in [0.2, 0.25) is 0 Å². The van der Waals surface area contributed by atoms with Crippen LogP contribution in [0.25, 0.3) is 5.69 Å². The van der Waals surface area contributed by atoms with Crippen molar-refractivity contribution in [2.24, 2.45) is 0 Å². The SMILES string of the molecule is COCC(C)n1c(C)cc(C(=O)Cn2nnn(-c3ccccc3)c2=O)c1C. The van der Waals surface area contributed by atoms with Gasteiger partial charge in [-0.05, 0) is 49.4 Å². The number of aryl methyl sites for hydroxylation is 1. The van der Waals surface area contributed by atoms with E-state index in [9.17, 15) is 9.59 Å². The molecule has 2 aromatic heterocycles. The van der Waals surface area contributed by atoms with Crippen LogP contribution in [0.2, 0.25) is 0 Å². The van der Waals surface area contributed by atoms with Crippen molar-refractivity contribution < 1.29 is 9.53 Å². The lowest BCUT2D eigenvalue weighted by Gasteiger charge is -2.17. The molecule has 0 saturated heterocycles. The van der Waals surface area contributed by atoms with E-state index in [-0.39, 0.29) is 18.4 Å². The van der Waals surface area contributed by atoms with Gasteiger partial charge in [-0.1, -0.05) is 18.2 Å². The Labute approximate surface area is 157 Å². The Bertz CT molecular complexity index is 1000. The Morgan fingerprint density at radius 2 is 1.89 bits per heavy atom. The maximum absolute atomic E-state index is 12.8. The van der Waals surface area contributed by atoms with Crippen LogP contribution in [0.5, 0.6) is 0 Å². The summed E-state index contributed by atoms with van der Waals surface area (Å²) < 4.78 is 9.55. The summed E-state index contributed by atoms with van der Waals surface area (Å²) in [6, 6.07) is 10.9. The second kappa shape index (κ2) is 7.71. The van der Waals surface area contributed by atoms with Crippen molar-refractivity contribution in [2.45, 2.75) is 33.4 Å². The van der Waals surface area contributed by atoms with Gasteiger partial charge >= 0.3 is 5.69 Å². The summed E-state index contributed by atoms with van der Waals surface area (Å²) in [5, 5.41) is 7.72. The molecule has 0 radical (unpaired) electrons. The third kappa shape index (κ3) is 3.61. The molecule has 0 N–H and O–H groups in total. The average Bonchev–Trinajstić information content (AvgIpc) is 3.15. The maximum atomic E-state index is 12.8. The van der Waals surface area contributed by atoms with Gasteiger partial charge < -0.3 is 9.30 Å². The molecule has 1 unspecified atom stereocenters. The quantitative estimate of drug-likeness (QED) is 0.594. The number of benzene rings is 1. The number of ether oxygens (including phenoxy) is 1. The minimum absolute atomic E-state index is 0.109. The summed E-state index contributed by atoms with van der Waals surface area (Å²) in [5.41, 5.74) is 2.56. The summed E-state index contributed by atoms with van der Waals surface area (Å²) in [5.74, 6) is -0.179. The Kier molecular flexibility index (Phi) is 5.36. The molecule has 1 aromatic carbocycles. The minimum atomic E-state index is -0.448. The number of hydrogen-bond acceptors (Lipinski definition) is 5. The number of para-hydroxylation sites is 1. The second-order valence-electron chi connectivity index (χ2n) is 6.55. The monoisotopic (exact) mass is 369 g/mol. The van der Waals surface area contributed by atoms with E-state index in [1.165, 1.54) is 4.68 Å². The highest BCUT2D eigenvalue weighted by molar-refractivity contribution is 5.97. The Balaban J connectivity index is 1.86. The number of carbonyl (C=O) groups is 1. The summed E-state index contributed by atoms with van der Waals surface area (Å²) in [6.07, 6.45) is 0. The van der Waals surface area contributed by atoms with E-state index < -0.39 is 5.69 Å². The number of ketones is 1. The molecule has 0 fully saturated rings. The van der Waals surface area contributed by atoms with Crippen LogP contribution in [0.3, 0.4) is 0 Å². The molecule has 0 aliphatic rings. The van der Waals surface area contributed by atoms with E-state index in [0.717, 1.165) is 16.1 Å². The highest BCUT2D eigenvalue weighted by atomic mass is 16.5. The van der Waals surface area contributed by atoms with Crippen molar-refractivity contribution in [3.63, 3.8) is 0 Å². The molecule has 0 saturated carbocycles. The van der Waals surface area contributed by atoms with Crippen LogP contribution >= 0.6 is 0 Å². The second-order valence-corrected chi connectivity index (χ2v) is 6.55. The van der Waals surface area contributed by atoms with Crippen LogP contribution in [0.1, 0.15) is 34.7 Å². The van der Waals surface area contributed by atoms with Crippen LogP contribution in [0, 0.1) is 13.8 Å². The van der Waals surface area contributed by atoms with Crippen molar-refractivity contribution in [1.29, 1.82) is 0 Å². The van der Waals surface area contributed by atoms with Crippen molar-refractivity contribution in [1.82, 2.24) is 24.4 Å². The maximum Gasteiger partial charge on any atom is 0.368 e. The third-order valence-corrected chi connectivity index (χ3v) is 4.57. The summed E-state index contributed by atoms with van der Waals surface area (Å²) in [7, 11) is 1.65. The predicted octanol–water partition coefficient (Wildman–Crippen LogP) is 1.94. The van der Waals surface area contributed by atoms with E-state index in [1.54, 1.807) is 19.2 Å². The smallest absolute Gasteiger partial charge is 0.368 e. The van der Waals surface area contributed by atoms with Gasteiger partial charge in [0.25, 0.3) is 0 Å². The zero-order valence-corrected chi connectivity index (χ0v) is 15.9. The summed E-state index contributed by atoms with van der Waals surface area (Å²) >= 11 is 0. The van der Waals surface area contributed by atoms with Crippen molar-refractivity contribution in [3.8, 4) is 5.69 Å². The number of carbonyl (C=O) groups excluding carboxylic acids is 1. The lowest BCUT2D eigenvalue weighted by atomic mass is 10.1. The molecule has 3 aromatic rings. The zero-order chi connectivity index (χ0) is 19.6. The van der Waals surface area contributed by atoms with Crippen LogP contribution in [-0.4, -0.2) is 43.9 Å². The lowest BCUT2D eigenvalue weighted by molar-refractivity contribution is 0.0964. The molecule has 0 spiro atoms. The van der Waals surface area contributed by atoms with Crippen LogP contribution in [0.15, 0.2) is 41.2 Å². The van der Waals surface area contributed by atoms with Crippen LogP contribution < -0.4 is 5.69 Å². The number of hydrogen-bond donors (Lipinski definition) is 0.